The fourth-order valence-electron chi connectivity index (χ4n) is 6.08. The fourth-order valence-corrected chi connectivity index (χ4v) is 6.08. The number of pyridine rings is 1. The molecule has 0 spiro atoms. The number of benzene rings is 1. The first-order chi connectivity index (χ1) is 16.1. The van der Waals surface area contributed by atoms with E-state index in [9.17, 15) is 9.59 Å². The van der Waals surface area contributed by atoms with E-state index in [1.165, 1.54) is 41.6 Å². The van der Waals surface area contributed by atoms with Crippen LogP contribution in [0.15, 0.2) is 36.5 Å². The third-order valence-electron chi connectivity index (χ3n) is 7.96. The zero-order valence-electron chi connectivity index (χ0n) is 18.5. The highest BCUT2D eigenvalue weighted by Crippen LogP contribution is 2.45. The number of piperidine rings is 2. The van der Waals surface area contributed by atoms with E-state index >= 15 is 0 Å². The lowest BCUT2D eigenvalue weighted by molar-refractivity contribution is -0.137. The molecule has 7 heteroatoms. The number of rotatable bonds is 4. The quantitative estimate of drug-likeness (QED) is 0.609. The Hall–Kier alpha value is -3.03. The van der Waals surface area contributed by atoms with Crippen LogP contribution in [0, 0.1) is 11.8 Å². The van der Waals surface area contributed by atoms with Gasteiger partial charge in [0.15, 0.2) is 0 Å². The van der Waals surface area contributed by atoms with Crippen LogP contribution in [0.4, 0.5) is 0 Å². The molecule has 3 aliphatic heterocycles. The summed E-state index contributed by atoms with van der Waals surface area (Å²) in [6, 6.07) is 10.7. The van der Waals surface area contributed by atoms with Gasteiger partial charge in [-0.2, -0.15) is 0 Å². The van der Waals surface area contributed by atoms with Crippen LogP contribution in [0.5, 0.6) is 0 Å². The Morgan fingerprint density at radius 2 is 1.88 bits per heavy atom. The van der Waals surface area contributed by atoms with Gasteiger partial charge in [0.1, 0.15) is 5.65 Å². The van der Waals surface area contributed by atoms with Crippen LogP contribution >= 0.6 is 0 Å². The first kappa shape index (κ1) is 19.4. The molecule has 1 aromatic carbocycles. The molecule has 0 bridgehead atoms. The van der Waals surface area contributed by atoms with Crippen molar-refractivity contribution in [3.8, 4) is 11.3 Å². The molecule has 2 amide bonds. The Morgan fingerprint density at radius 3 is 2.73 bits per heavy atom. The molecule has 2 N–H and O–H groups in total. The maximum atomic E-state index is 12.3. The number of carbonyl (C=O) groups excluding carboxylic acids is 2. The zero-order chi connectivity index (χ0) is 22.1. The number of hydrogen-bond donors (Lipinski definition) is 2. The van der Waals surface area contributed by atoms with Crippen molar-refractivity contribution in [2.75, 3.05) is 13.1 Å². The SMILES string of the molecule is O=C1CCC(N2Cc3ccc(-c4cc(CN5CC6CC6C5)c5cc[nH]c5n4)cc3C2)C(=O)N1. The Labute approximate surface area is 192 Å². The Kier molecular flexibility index (Phi) is 4.26. The molecule has 33 heavy (non-hydrogen) atoms. The maximum absolute atomic E-state index is 12.3. The van der Waals surface area contributed by atoms with Crippen LogP contribution < -0.4 is 5.32 Å². The van der Waals surface area contributed by atoms with Crippen molar-refractivity contribution in [2.45, 2.75) is 44.9 Å². The zero-order valence-corrected chi connectivity index (χ0v) is 18.5. The van der Waals surface area contributed by atoms with E-state index in [1.54, 1.807) is 0 Å². The lowest BCUT2D eigenvalue weighted by Gasteiger charge is -2.29. The van der Waals surface area contributed by atoms with Crippen molar-refractivity contribution in [3.63, 3.8) is 0 Å². The van der Waals surface area contributed by atoms with Crippen molar-refractivity contribution >= 4 is 22.8 Å². The molecule has 2 saturated heterocycles. The number of imide groups is 1. The predicted octanol–water partition coefficient (Wildman–Crippen LogP) is 2.80. The number of hydrogen-bond acceptors (Lipinski definition) is 5. The van der Waals surface area contributed by atoms with Crippen molar-refractivity contribution in [3.05, 3.63) is 53.2 Å². The molecule has 3 aromatic rings. The summed E-state index contributed by atoms with van der Waals surface area (Å²) in [4.78, 5) is 36.9. The number of H-pyrrole nitrogens is 1. The summed E-state index contributed by atoms with van der Waals surface area (Å²) in [5.74, 6) is 1.53. The van der Waals surface area contributed by atoms with Gasteiger partial charge in [0, 0.05) is 56.3 Å². The number of aromatic amines is 1. The third-order valence-corrected chi connectivity index (χ3v) is 7.96. The van der Waals surface area contributed by atoms with Crippen molar-refractivity contribution in [1.29, 1.82) is 0 Å². The molecule has 3 atom stereocenters. The summed E-state index contributed by atoms with van der Waals surface area (Å²) in [5, 5.41) is 3.70. The van der Waals surface area contributed by atoms with Crippen LogP contribution in [-0.4, -0.2) is 50.7 Å². The average Bonchev–Trinajstić information content (AvgIpc) is 3.18. The van der Waals surface area contributed by atoms with E-state index in [1.807, 2.05) is 6.20 Å². The van der Waals surface area contributed by atoms with Crippen molar-refractivity contribution in [1.82, 2.24) is 25.1 Å². The van der Waals surface area contributed by atoms with Crippen molar-refractivity contribution in [2.24, 2.45) is 11.8 Å². The van der Waals surface area contributed by atoms with Gasteiger partial charge in [0.2, 0.25) is 11.8 Å². The second-order valence-electron chi connectivity index (χ2n) is 10.2. The average molecular weight is 442 g/mol. The van der Waals surface area contributed by atoms with E-state index in [-0.39, 0.29) is 17.9 Å². The van der Waals surface area contributed by atoms with Gasteiger partial charge < -0.3 is 4.98 Å². The predicted molar refractivity (Wildman–Crippen MR) is 124 cm³/mol. The fraction of sp³-hybridized carbons (Fsp3) is 0.423. The van der Waals surface area contributed by atoms with Gasteiger partial charge in [-0.3, -0.25) is 24.7 Å². The Morgan fingerprint density at radius 1 is 1.03 bits per heavy atom. The number of amides is 2. The molecule has 1 aliphatic carbocycles. The van der Waals surface area contributed by atoms with E-state index in [2.05, 4.69) is 50.4 Å². The summed E-state index contributed by atoms with van der Waals surface area (Å²) in [6.45, 7) is 4.90. The maximum Gasteiger partial charge on any atom is 0.243 e. The molecular formula is C26H27N5O2. The normalized spacial score (nSPS) is 27.1. The van der Waals surface area contributed by atoms with Crippen LogP contribution in [0.2, 0.25) is 0 Å². The summed E-state index contributed by atoms with van der Waals surface area (Å²) in [6.07, 6.45) is 4.41. The van der Waals surface area contributed by atoms with Crippen LogP contribution in [0.1, 0.15) is 36.0 Å². The number of nitrogens with zero attached hydrogens (tertiary/aromatic N) is 3. The minimum Gasteiger partial charge on any atom is -0.346 e. The second kappa shape index (κ2) is 7.23. The number of likely N-dealkylation sites (tertiary alicyclic amines) is 1. The molecule has 168 valence electrons. The summed E-state index contributed by atoms with van der Waals surface area (Å²) < 4.78 is 0. The van der Waals surface area contributed by atoms with Crippen molar-refractivity contribution < 1.29 is 9.59 Å². The lowest BCUT2D eigenvalue weighted by Crippen LogP contribution is -2.50. The summed E-state index contributed by atoms with van der Waals surface area (Å²) in [7, 11) is 0. The molecule has 4 aliphatic rings. The number of fused-ring (bicyclic) bond motifs is 3. The van der Waals surface area contributed by atoms with Gasteiger partial charge in [-0.25, -0.2) is 4.98 Å². The number of nitrogens with one attached hydrogen (secondary N) is 2. The molecule has 3 fully saturated rings. The Balaban J connectivity index is 1.16. The Bertz CT molecular complexity index is 1290. The molecule has 1 saturated carbocycles. The second-order valence-corrected chi connectivity index (χ2v) is 10.2. The highest BCUT2D eigenvalue weighted by molar-refractivity contribution is 6.00. The van der Waals surface area contributed by atoms with Crippen LogP contribution in [0.25, 0.3) is 22.3 Å². The van der Waals surface area contributed by atoms with Crippen LogP contribution in [-0.2, 0) is 29.2 Å². The number of carbonyl (C=O) groups is 2. The number of aromatic nitrogens is 2. The highest BCUT2D eigenvalue weighted by Gasteiger charge is 2.44. The van der Waals surface area contributed by atoms with Gasteiger partial charge >= 0.3 is 0 Å². The smallest absolute Gasteiger partial charge is 0.243 e. The van der Waals surface area contributed by atoms with Gasteiger partial charge in [-0.05, 0) is 59.6 Å². The van der Waals surface area contributed by atoms with E-state index in [0.717, 1.165) is 48.4 Å². The lowest BCUT2D eigenvalue weighted by atomic mass is 10.0. The van der Waals surface area contributed by atoms with E-state index < -0.39 is 0 Å². The standard InChI is InChI=1S/C26H27N5O2/c32-24-4-3-23(26(33)29-24)31-13-16-2-1-15(7-19(16)14-31)22-9-20(21-5-6-27-25(21)28-22)12-30-10-17-8-18(17)11-30/h1-2,5-7,9,17-18,23H,3-4,8,10-14H2,(H,27,28)(H,29,32,33). The summed E-state index contributed by atoms with van der Waals surface area (Å²) in [5.41, 5.74) is 6.88. The minimum atomic E-state index is -0.231. The van der Waals surface area contributed by atoms with E-state index in [0.29, 0.717) is 12.8 Å². The van der Waals surface area contributed by atoms with Gasteiger partial charge in [-0.15, -0.1) is 0 Å². The molecule has 3 unspecified atom stereocenters. The largest absolute Gasteiger partial charge is 0.346 e. The van der Waals surface area contributed by atoms with Gasteiger partial charge in [-0.1, -0.05) is 12.1 Å². The molecule has 5 heterocycles. The highest BCUT2D eigenvalue weighted by atomic mass is 16.2. The van der Waals surface area contributed by atoms with Gasteiger partial charge in [0.05, 0.1) is 11.7 Å². The molecule has 7 rings (SSSR count). The van der Waals surface area contributed by atoms with Gasteiger partial charge in [0.25, 0.3) is 0 Å². The molecule has 2 aromatic heterocycles. The van der Waals surface area contributed by atoms with Crippen LogP contribution in [0.3, 0.4) is 0 Å². The molecular weight excluding hydrogens is 414 g/mol. The summed E-state index contributed by atoms with van der Waals surface area (Å²) >= 11 is 0. The topological polar surface area (TPSA) is 81.3 Å². The first-order valence-electron chi connectivity index (χ1n) is 12.0. The molecule has 0 radical (unpaired) electrons. The minimum absolute atomic E-state index is 0.164. The monoisotopic (exact) mass is 441 g/mol. The molecule has 7 nitrogen and oxygen atoms in total. The van der Waals surface area contributed by atoms with E-state index in [4.69, 9.17) is 4.98 Å². The third kappa shape index (κ3) is 3.38. The first-order valence-corrected chi connectivity index (χ1v) is 12.0.